The molecule has 0 aliphatic carbocycles. The third kappa shape index (κ3) is 3.76. The van der Waals surface area contributed by atoms with E-state index in [0.717, 1.165) is 25.9 Å². The third-order valence-corrected chi connectivity index (χ3v) is 4.86. The number of hydrogen-bond donors (Lipinski definition) is 1. The van der Waals surface area contributed by atoms with Crippen LogP contribution in [0, 0.1) is 0 Å². The number of anilines is 1. The number of aryl methyl sites for hydroxylation is 1. The van der Waals surface area contributed by atoms with Crippen LogP contribution in [0.4, 0.5) is 5.82 Å². The first-order valence-electron chi connectivity index (χ1n) is 8.19. The van der Waals surface area contributed by atoms with E-state index in [0.29, 0.717) is 16.8 Å². The normalized spacial score (nSPS) is 19.9. The van der Waals surface area contributed by atoms with Gasteiger partial charge in [-0.25, -0.2) is 4.98 Å². The minimum Gasteiger partial charge on any atom is -0.309 e. The molecule has 1 amide bonds. The van der Waals surface area contributed by atoms with Gasteiger partial charge in [-0.2, -0.15) is 5.10 Å². The van der Waals surface area contributed by atoms with Crippen molar-refractivity contribution in [1.29, 1.82) is 0 Å². The fourth-order valence-electron chi connectivity index (χ4n) is 3.23. The molecule has 1 N–H and O–H groups in total. The lowest BCUT2D eigenvalue weighted by molar-refractivity contribution is -0.121. The molecular formula is C17H22ClN5O. The van der Waals surface area contributed by atoms with E-state index in [1.54, 1.807) is 12.1 Å². The molecule has 0 bridgehead atoms. The summed E-state index contributed by atoms with van der Waals surface area (Å²) in [4.78, 5) is 18.9. The minimum atomic E-state index is -0.210. The molecule has 0 saturated carbocycles. The number of nitrogens with one attached hydrogen (secondary N) is 1. The fourth-order valence-corrected chi connectivity index (χ4v) is 3.34. The zero-order valence-electron chi connectivity index (χ0n) is 13.9. The lowest BCUT2D eigenvalue weighted by Gasteiger charge is -2.36. The second kappa shape index (κ2) is 7.32. The highest BCUT2D eigenvalue weighted by atomic mass is 35.5. The Kier molecular flexibility index (Phi) is 5.16. The van der Waals surface area contributed by atoms with Gasteiger partial charge >= 0.3 is 0 Å². The van der Waals surface area contributed by atoms with Crippen LogP contribution in [0.3, 0.4) is 0 Å². The van der Waals surface area contributed by atoms with Gasteiger partial charge in [-0.05, 0) is 44.5 Å². The Labute approximate surface area is 146 Å². The summed E-state index contributed by atoms with van der Waals surface area (Å²) in [6, 6.07) is 5.28. The highest BCUT2D eigenvalue weighted by molar-refractivity contribution is 6.30. The van der Waals surface area contributed by atoms with Crippen molar-refractivity contribution >= 4 is 23.3 Å². The average molecular weight is 348 g/mol. The van der Waals surface area contributed by atoms with Crippen molar-refractivity contribution in [3.05, 3.63) is 41.3 Å². The van der Waals surface area contributed by atoms with Crippen LogP contribution in [0.15, 0.2) is 30.6 Å². The summed E-state index contributed by atoms with van der Waals surface area (Å²) in [5.74, 6) is 0.891. The van der Waals surface area contributed by atoms with Crippen LogP contribution in [-0.2, 0) is 11.8 Å². The molecule has 3 rings (SSSR count). The molecule has 0 radical (unpaired) electrons. The van der Waals surface area contributed by atoms with Crippen LogP contribution in [0.5, 0.6) is 0 Å². The Morgan fingerprint density at radius 1 is 1.42 bits per heavy atom. The van der Waals surface area contributed by atoms with Crippen LogP contribution >= 0.6 is 11.6 Å². The molecule has 2 aromatic heterocycles. The Morgan fingerprint density at radius 2 is 2.25 bits per heavy atom. The smallest absolute Gasteiger partial charge is 0.242 e. The van der Waals surface area contributed by atoms with E-state index in [1.165, 1.54) is 11.9 Å². The molecule has 128 valence electrons. The molecule has 7 heteroatoms. The number of rotatable bonds is 4. The fraction of sp³-hybridized carbons (Fsp3) is 0.471. The molecule has 24 heavy (non-hydrogen) atoms. The second-order valence-electron chi connectivity index (χ2n) is 6.24. The van der Waals surface area contributed by atoms with Gasteiger partial charge in [0.15, 0.2) is 0 Å². The molecule has 2 aromatic rings. The molecular weight excluding hydrogens is 326 g/mol. The molecule has 1 saturated heterocycles. The Morgan fingerprint density at radius 3 is 2.92 bits per heavy atom. The molecule has 0 spiro atoms. The zero-order valence-corrected chi connectivity index (χ0v) is 14.7. The van der Waals surface area contributed by atoms with Crippen molar-refractivity contribution in [1.82, 2.24) is 19.7 Å². The quantitative estimate of drug-likeness (QED) is 0.923. The van der Waals surface area contributed by atoms with Gasteiger partial charge in [-0.1, -0.05) is 11.6 Å². The van der Waals surface area contributed by atoms with E-state index in [9.17, 15) is 4.79 Å². The van der Waals surface area contributed by atoms with Crippen molar-refractivity contribution in [3.8, 4) is 0 Å². The van der Waals surface area contributed by atoms with Gasteiger partial charge in [-0.15, -0.1) is 0 Å². The summed E-state index contributed by atoms with van der Waals surface area (Å²) in [6.07, 6.45) is 5.56. The van der Waals surface area contributed by atoms with Gasteiger partial charge in [0.1, 0.15) is 5.82 Å². The molecule has 2 atom stereocenters. The Balaban J connectivity index is 1.63. The molecule has 0 aromatic carbocycles. The molecule has 6 nitrogen and oxygen atoms in total. The topological polar surface area (TPSA) is 63.1 Å². The van der Waals surface area contributed by atoms with Crippen LogP contribution in [-0.4, -0.2) is 44.7 Å². The van der Waals surface area contributed by atoms with E-state index in [4.69, 9.17) is 11.6 Å². The first-order valence-corrected chi connectivity index (χ1v) is 8.57. The number of nitrogens with zero attached hydrogens (tertiary/aromatic N) is 4. The van der Waals surface area contributed by atoms with Crippen LogP contribution < -0.4 is 5.32 Å². The summed E-state index contributed by atoms with van der Waals surface area (Å²) in [7, 11) is 1.97. The summed E-state index contributed by atoms with van der Waals surface area (Å²) in [5.41, 5.74) is 1.23. The number of carbonyl (C=O) groups is 1. The van der Waals surface area contributed by atoms with E-state index in [1.807, 2.05) is 24.9 Å². The Hall–Kier alpha value is -1.92. The predicted molar refractivity (Wildman–Crippen MR) is 94.1 cm³/mol. The van der Waals surface area contributed by atoms with Gasteiger partial charge < -0.3 is 5.32 Å². The number of carbonyl (C=O) groups excluding carboxylic acids is 1. The van der Waals surface area contributed by atoms with Crippen molar-refractivity contribution in [3.63, 3.8) is 0 Å². The third-order valence-electron chi connectivity index (χ3n) is 4.64. The summed E-state index contributed by atoms with van der Waals surface area (Å²) in [5, 5.41) is 7.67. The van der Waals surface area contributed by atoms with Gasteiger partial charge in [0.25, 0.3) is 0 Å². The molecule has 1 fully saturated rings. The average Bonchev–Trinajstić information content (AvgIpc) is 3.02. The summed E-state index contributed by atoms with van der Waals surface area (Å²) >= 11 is 5.82. The number of hydrogen-bond acceptors (Lipinski definition) is 4. The zero-order chi connectivity index (χ0) is 17.1. The lowest BCUT2D eigenvalue weighted by atomic mass is 9.93. The first-order chi connectivity index (χ1) is 11.5. The van der Waals surface area contributed by atoms with Crippen LogP contribution in [0.1, 0.15) is 31.4 Å². The van der Waals surface area contributed by atoms with E-state index >= 15 is 0 Å². The highest BCUT2D eigenvalue weighted by Gasteiger charge is 2.29. The van der Waals surface area contributed by atoms with E-state index in [-0.39, 0.29) is 11.9 Å². The van der Waals surface area contributed by atoms with Gasteiger partial charge in [-0.3, -0.25) is 14.4 Å². The largest absolute Gasteiger partial charge is 0.309 e. The van der Waals surface area contributed by atoms with Crippen molar-refractivity contribution in [2.75, 3.05) is 18.4 Å². The van der Waals surface area contributed by atoms with E-state index in [2.05, 4.69) is 26.4 Å². The highest BCUT2D eigenvalue weighted by Crippen LogP contribution is 2.27. The maximum absolute atomic E-state index is 12.5. The standard InChI is InChI=1S/C17H22ClN5O/c1-12(17(24)21-16-6-5-14(18)10-19-16)23-9-3-4-13(11-23)15-7-8-20-22(15)2/h5-8,10,12-13H,3-4,9,11H2,1-2H3,(H,19,21,24)/t12-,13+/m1/s1. The second-order valence-corrected chi connectivity index (χ2v) is 6.68. The summed E-state index contributed by atoms with van der Waals surface area (Å²) < 4.78 is 1.93. The number of halogens is 1. The summed E-state index contributed by atoms with van der Waals surface area (Å²) in [6.45, 7) is 3.73. The van der Waals surface area contributed by atoms with Crippen LogP contribution in [0.25, 0.3) is 0 Å². The van der Waals surface area contributed by atoms with Gasteiger partial charge in [0, 0.05) is 37.6 Å². The number of amides is 1. The minimum absolute atomic E-state index is 0.0459. The molecule has 1 aliphatic heterocycles. The van der Waals surface area contributed by atoms with Crippen molar-refractivity contribution < 1.29 is 4.79 Å². The monoisotopic (exact) mass is 347 g/mol. The van der Waals surface area contributed by atoms with E-state index < -0.39 is 0 Å². The SMILES string of the molecule is C[C@H](C(=O)Nc1ccc(Cl)cn1)N1CCC[C@H](c2ccnn2C)C1. The number of likely N-dealkylation sites (tertiary alicyclic amines) is 1. The number of piperidine rings is 1. The van der Waals surface area contributed by atoms with Gasteiger partial charge in [0.2, 0.25) is 5.91 Å². The Bertz CT molecular complexity index is 699. The maximum atomic E-state index is 12.5. The van der Waals surface area contributed by atoms with Crippen LogP contribution in [0.2, 0.25) is 5.02 Å². The maximum Gasteiger partial charge on any atom is 0.242 e. The number of aromatic nitrogens is 3. The molecule has 0 unspecified atom stereocenters. The van der Waals surface area contributed by atoms with Gasteiger partial charge in [0.05, 0.1) is 11.1 Å². The van der Waals surface area contributed by atoms with Crippen molar-refractivity contribution in [2.24, 2.45) is 7.05 Å². The number of pyridine rings is 1. The molecule has 1 aliphatic rings. The lowest BCUT2D eigenvalue weighted by Crippen LogP contribution is -2.46. The molecule has 3 heterocycles. The van der Waals surface area contributed by atoms with Crippen molar-refractivity contribution in [2.45, 2.75) is 31.7 Å². The first kappa shape index (κ1) is 16.9. The predicted octanol–water partition coefficient (Wildman–Crippen LogP) is 2.68.